The van der Waals surface area contributed by atoms with Crippen molar-refractivity contribution < 1.29 is 14.3 Å². The maximum Gasteiger partial charge on any atom is 0.231 e. The summed E-state index contributed by atoms with van der Waals surface area (Å²) in [6.45, 7) is 2.36. The summed E-state index contributed by atoms with van der Waals surface area (Å²) in [6.07, 6.45) is 1.76. The van der Waals surface area contributed by atoms with E-state index in [0.29, 0.717) is 34.5 Å². The Hall–Kier alpha value is -3.04. The number of fused-ring (bicyclic) bond motifs is 1. The van der Waals surface area contributed by atoms with Crippen LogP contribution in [0.4, 0.5) is 0 Å². The average Bonchev–Trinajstić information content (AvgIpc) is 2.96. The molecule has 0 aromatic heterocycles. The summed E-state index contributed by atoms with van der Waals surface area (Å²) in [7, 11) is 0. The summed E-state index contributed by atoms with van der Waals surface area (Å²) < 4.78 is 11.6. The van der Waals surface area contributed by atoms with Crippen molar-refractivity contribution in [3.63, 3.8) is 0 Å². The molecular formula is C23H17ClO3. The third-order valence-corrected chi connectivity index (χ3v) is 4.70. The SMILES string of the molecule is Cc1cccc(C=C2Oc3cc(OCc4ccccc4Cl)ccc3C2=O)c1. The van der Waals surface area contributed by atoms with Crippen molar-refractivity contribution in [1.82, 2.24) is 0 Å². The highest BCUT2D eigenvalue weighted by atomic mass is 35.5. The lowest BCUT2D eigenvalue weighted by molar-refractivity contribution is 0.101. The summed E-state index contributed by atoms with van der Waals surface area (Å²) in [4.78, 5) is 12.6. The zero-order valence-corrected chi connectivity index (χ0v) is 15.5. The molecule has 0 N–H and O–H groups in total. The molecule has 0 bridgehead atoms. The standard InChI is InChI=1S/C23H17ClO3/c1-15-5-4-6-16(11-15)12-22-23(25)19-10-9-18(13-21(19)27-22)26-14-17-7-2-3-8-20(17)24/h2-13H,14H2,1H3. The van der Waals surface area contributed by atoms with Crippen molar-refractivity contribution >= 4 is 23.5 Å². The first-order valence-electron chi connectivity index (χ1n) is 8.61. The van der Waals surface area contributed by atoms with Gasteiger partial charge >= 0.3 is 0 Å². The van der Waals surface area contributed by atoms with Crippen LogP contribution < -0.4 is 9.47 Å². The van der Waals surface area contributed by atoms with Crippen LogP contribution in [0.15, 0.2) is 72.5 Å². The van der Waals surface area contributed by atoms with Crippen molar-refractivity contribution in [1.29, 1.82) is 0 Å². The quantitative estimate of drug-likeness (QED) is 0.536. The zero-order chi connectivity index (χ0) is 18.8. The molecule has 3 nitrogen and oxygen atoms in total. The fraction of sp³-hybridized carbons (Fsp3) is 0.0870. The second-order valence-electron chi connectivity index (χ2n) is 6.39. The monoisotopic (exact) mass is 376 g/mol. The van der Waals surface area contributed by atoms with Gasteiger partial charge in [-0.25, -0.2) is 0 Å². The molecule has 0 unspecified atom stereocenters. The number of halogens is 1. The number of hydrogen-bond donors (Lipinski definition) is 0. The van der Waals surface area contributed by atoms with Gasteiger partial charge in [0.15, 0.2) is 5.76 Å². The number of rotatable bonds is 4. The van der Waals surface area contributed by atoms with Gasteiger partial charge in [-0.2, -0.15) is 0 Å². The Morgan fingerprint density at radius 2 is 1.89 bits per heavy atom. The van der Waals surface area contributed by atoms with E-state index in [4.69, 9.17) is 21.1 Å². The fourth-order valence-corrected chi connectivity index (χ4v) is 3.14. The lowest BCUT2D eigenvalue weighted by Crippen LogP contribution is -1.98. The molecule has 0 radical (unpaired) electrons. The highest BCUT2D eigenvalue weighted by molar-refractivity contribution is 6.31. The van der Waals surface area contributed by atoms with Gasteiger partial charge in [-0.05, 0) is 36.8 Å². The molecule has 0 saturated carbocycles. The maximum atomic E-state index is 12.6. The van der Waals surface area contributed by atoms with Crippen LogP contribution in [0, 0.1) is 6.92 Å². The molecular weight excluding hydrogens is 360 g/mol. The van der Waals surface area contributed by atoms with E-state index in [1.165, 1.54) is 0 Å². The van der Waals surface area contributed by atoms with Gasteiger partial charge in [0, 0.05) is 16.7 Å². The topological polar surface area (TPSA) is 35.5 Å². The number of benzene rings is 3. The number of Topliss-reactive ketones (excluding diaryl/α,β-unsaturated/α-hetero) is 1. The predicted molar refractivity (Wildman–Crippen MR) is 106 cm³/mol. The van der Waals surface area contributed by atoms with Crippen LogP contribution in [0.3, 0.4) is 0 Å². The molecule has 27 heavy (non-hydrogen) atoms. The summed E-state index contributed by atoms with van der Waals surface area (Å²) in [6, 6.07) is 20.7. The molecule has 134 valence electrons. The Kier molecular flexibility index (Phi) is 4.69. The van der Waals surface area contributed by atoms with Gasteiger partial charge in [-0.15, -0.1) is 0 Å². The maximum absolute atomic E-state index is 12.6. The smallest absolute Gasteiger partial charge is 0.231 e. The van der Waals surface area contributed by atoms with Gasteiger partial charge in [0.2, 0.25) is 5.78 Å². The number of ether oxygens (including phenoxy) is 2. The third kappa shape index (κ3) is 3.74. The number of hydrogen-bond acceptors (Lipinski definition) is 3. The average molecular weight is 377 g/mol. The highest BCUT2D eigenvalue weighted by Gasteiger charge is 2.27. The number of carbonyl (C=O) groups excluding carboxylic acids is 1. The summed E-state index contributed by atoms with van der Waals surface area (Å²) in [5.41, 5.74) is 3.50. The molecule has 0 fully saturated rings. The molecule has 3 aromatic carbocycles. The molecule has 3 aromatic rings. The van der Waals surface area contributed by atoms with Crippen LogP contribution in [0.25, 0.3) is 6.08 Å². The first kappa shape index (κ1) is 17.4. The molecule has 0 saturated heterocycles. The molecule has 1 aliphatic heterocycles. The second-order valence-corrected chi connectivity index (χ2v) is 6.80. The van der Waals surface area contributed by atoms with E-state index in [2.05, 4.69) is 0 Å². The van der Waals surface area contributed by atoms with Crippen molar-refractivity contribution in [3.8, 4) is 11.5 Å². The van der Waals surface area contributed by atoms with Crippen LogP contribution in [0.2, 0.25) is 5.02 Å². The van der Waals surface area contributed by atoms with Crippen molar-refractivity contribution in [2.24, 2.45) is 0 Å². The first-order valence-corrected chi connectivity index (χ1v) is 8.99. The summed E-state index contributed by atoms with van der Waals surface area (Å²) in [5, 5.41) is 0.661. The Morgan fingerprint density at radius 1 is 1.04 bits per heavy atom. The molecule has 4 heteroatoms. The lowest BCUT2D eigenvalue weighted by atomic mass is 10.1. The van der Waals surface area contributed by atoms with Gasteiger partial charge in [-0.1, -0.05) is 59.6 Å². The summed E-state index contributed by atoms with van der Waals surface area (Å²) >= 11 is 6.15. The van der Waals surface area contributed by atoms with Crippen molar-refractivity contribution in [2.45, 2.75) is 13.5 Å². The lowest BCUT2D eigenvalue weighted by Gasteiger charge is -2.08. The molecule has 0 atom stereocenters. The molecule has 1 heterocycles. The third-order valence-electron chi connectivity index (χ3n) is 4.33. The minimum atomic E-state index is -0.121. The van der Waals surface area contributed by atoms with E-state index < -0.39 is 0 Å². The number of ketones is 1. The molecule has 0 aliphatic carbocycles. The molecule has 0 spiro atoms. The van der Waals surface area contributed by atoms with Crippen molar-refractivity contribution in [2.75, 3.05) is 0 Å². The Balaban J connectivity index is 1.53. The highest BCUT2D eigenvalue weighted by Crippen LogP contribution is 2.35. The van der Waals surface area contributed by atoms with Crippen LogP contribution in [0.1, 0.15) is 27.0 Å². The van der Waals surface area contributed by atoms with E-state index in [1.54, 1.807) is 24.3 Å². The van der Waals surface area contributed by atoms with E-state index in [9.17, 15) is 4.79 Å². The molecule has 4 rings (SSSR count). The minimum Gasteiger partial charge on any atom is -0.489 e. The van der Waals surface area contributed by atoms with Crippen LogP contribution in [0.5, 0.6) is 11.5 Å². The zero-order valence-electron chi connectivity index (χ0n) is 14.7. The predicted octanol–water partition coefficient (Wildman–Crippen LogP) is 5.84. The van der Waals surface area contributed by atoms with Gasteiger partial charge in [-0.3, -0.25) is 4.79 Å². The van der Waals surface area contributed by atoms with Crippen LogP contribution in [-0.2, 0) is 6.61 Å². The first-order chi connectivity index (χ1) is 13.1. The molecule has 0 amide bonds. The van der Waals surface area contributed by atoms with Gasteiger partial charge in [0.25, 0.3) is 0 Å². The number of carbonyl (C=O) groups is 1. The van der Waals surface area contributed by atoms with E-state index in [-0.39, 0.29) is 5.78 Å². The minimum absolute atomic E-state index is 0.121. The van der Waals surface area contributed by atoms with E-state index >= 15 is 0 Å². The van der Waals surface area contributed by atoms with Gasteiger partial charge in [0.05, 0.1) is 5.56 Å². The number of allylic oxidation sites excluding steroid dienone is 1. The van der Waals surface area contributed by atoms with Gasteiger partial charge in [0.1, 0.15) is 18.1 Å². The van der Waals surface area contributed by atoms with Crippen LogP contribution >= 0.6 is 11.6 Å². The summed E-state index contributed by atoms with van der Waals surface area (Å²) in [5.74, 6) is 1.33. The normalized spacial score (nSPS) is 14.1. The van der Waals surface area contributed by atoms with E-state index in [0.717, 1.165) is 16.7 Å². The van der Waals surface area contributed by atoms with Gasteiger partial charge < -0.3 is 9.47 Å². The Morgan fingerprint density at radius 3 is 2.70 bits per heavy atom. The Labute approximate surface area is 162 Å². The second kappa shape index (κ2) is 7.29. The fourth-order valence-electron chi connectivity index (χ4n) is 2.94. The number of aryl methyl sites for hydroxylation is 1. The van der Waals surface area contributed by atoms with E-state index in [1.807, 2.05) is 55.5 Å². The van der Waals surface area contributed by atoms with Crippen molar-refractivity contribution in [3.05, 3.63) is 99.8 Å². The molecule has 1 aliphatic rings. The van der Waals surface area contributed by atoms with Crippen LogP contribution in [-0.4, -0.2) is 5.78 Å². The largest absolute Gasteiger partial charge is 0.489 e. The Bertz CT molecular complexity index is 1050.